The second kappa shape index (κ2) is 5.61. The lowest BCUT2D eigenvalue weighted by Gasteiger charge is -2.25. The quantitative estimate of drug-likeness (QED) is 0.802. The van der Waals surface area contributed by atoms with Gasteiger partial charge in [-0.3, -0.25) is 4.79 Å². The molecule has 1 aliphatic rings. The van der Waals surface area contributed by atoms with Crippen molar-refractivity contribution in [1.29, 1.82) is 0 Å². The second-order valence-corrected chi connectivity index (χ2v) is 5.59. The fourth-order valence-corrected chi connectivity index (χ4v) is 2.55. The summed E-state index contributed by atoms with van der Waals surface area (Å²) in [4.78, 5) is 12.1. The van der Waals surface area contributed by atoms with E-state index in [1.807, 2.05) is 0 Å². The number of amides is 1. The molecule has 0 aromatic heterocycles. The molecule has 18 heavy (non-hydrogen) atoms. The molecular formula is C14H19ClN2O. The van der Waals surface area contributed by atoms with Crippen LogP contribution in [0, 0.1) is 11.8 Å². The average molecular weight is 267 g/mol. The van der Waals surface area contributed by atoms with Gasteiger partial charge in [0.15, 0.2) is 0 Å². The van der Waals surface area contributed by atoms with Crippen molar-refractivity contribution < 1.29 is 4.79 Å². The Hall–Kier alpha value is -1.22. The summed E-state index contributed by atoms with van der Waals surface area (Å²) < 4.78 is 0. The Morgan fingerprint density at radius 3 is 2.61 bits per heavy atom. The average Bonchev–Trinajstić information content (AvgIpc) is 2.34. The Balaban J connectivity index is 1.96. The first kappa shape index (κ1) is 13.2. The van der Waals surface area contributed by atoms with E-state index in [0.29, 0.717) is 10.7 Å². The van der Waals surface area contributed by atoms with Gasteiger partial charge in [0.25, 0.3) is 0 Å². The molecule has 1 amide bonds. The van der Waals surface area contributed by atoms with Gasteiger partial charge in [-0.25, -0.2) is 0 Å². The van der Waals surface area contributed by atoms with Crippen LogP contribution in [0.3, 0.4) is 0 Å². The number of carbonyl (C=O) groups excluding carboxylic acids is 1. The number of benzene rings is 1. The van der Waals surface area contributed by atoms with Gasteiger partial charge in [-0.1, -0.05) is 18.5 Å². The summed E-state index contributed by atoms with van der Waals surface area (Å²) in [7, 11) is 0. The molecule has 3 nitrogen and oxygen atoms in total. The fraction of sp³-hybridized carbons (Fsp3) is 0.500. The molecule has 0 bridgehead atoms. The van der Waals surface area contributed by atoms with Gasteiger partial charge in [-0.05, 0) is 49.8 Å². The lowest BCUT2D eigenvalue weighted by molar-refractivity contribution is -0.121. The number of anilines is 2. The Morgan fingerprint density at radius 2 is 2.00 bits per heavy atom. The van der Waals surface area contributed by atoms with Crippen LogP contribution in [0.4, 0.5) is 11.4 Å². The summed E-state index contributed by atoms with van der Waals surface area (Å²) in [6.07, 6.45) is 4.24. The maximum atomic E-state index is 12.1. The first-order chi connectivity index (χ1) is 8.56. The predicted octanol–water partition coefficient (Wildman–Crippen LogP) is 3.69. The molecule has 0 spiro atoms. The molecule has 0 aliphatic heterocycles. The third-order valence-electron chi connectivity index (χ3n) is 3.65. The van der Waals surface area contributed by atoms with Crippen molar-refractivity contribution in [2.24, 2.45) is 11.8 Å². The van der Waals surface area contributed by atoms with Crippen molar-refractivity contribution in [1.82, 2.24) is 0 Å². The minimum atomic E-state index is 0.0998. The van der Waals surface area contributed by atoms with Gasteiger partial charge >= 0.3 is 0 Å². The molecule has 1 aliphatic carbocycles. The SMILES string of the molecule is CC1CCC(C(=O)Nc2ccc(N)c(Cl)c2)CC1. The van der Waals surface area contributed by atoms with Crippen LogP contribution in [0.25, 0.3) is 0 Å². The third kappa shape index (κ3) is 3.16. The Morgan fingerprint density at radius 1 is 1.33 bits per heavy atom. The van der Waals surface area contributed by atoms with Gasteiger partial charge < -0.3 is 11.1 Å². The number of nitrogens with one attached hydrogen (secondary N) is 1. The maximum absolute atomic E-state index is 12.1. The van der Waals surface area contributed by atoms with Gasteiger partial charge in [0, 0.05) is 11.6 Å². The highest BCUT2D eigenvalue weighted by atomic mass is 35.5. The van der Waals surface area contributed by atoms with Crippen LogP contribution >= 0.6 is 11.6 Å². The number of nitrogen functional groups attached to an aromatic ring is 1. The Kier molecular flexibility index (Phi) is 4.12. The molecule has 98 valence electrons. The number of halogens is 1. The van der Waals surface area contributed by atoms with E-state index in [-0.39, 0.29) is 11.8 Å². The van der Waals surface area contributed by atoms with E-state index in [1.165, 1.54) is 0 Å². The summed E-state index contributed by atoms with van der Waals surface area (Å²) in [6, 6.07) is 5.19. The molecule has 1 aromatic rings. The second-order valence-electron chi connectivity index (χ2n) is 5.18. The van der Waals surface area contributed by atoms with Crippen molar-refractivity contribution in [3.05, 3.63) is 23.2 Å². The summed E-state index contributed by atoms with van der Waals surface area (Å²) in [5, 5.41) is 3.39. The molecule has 4 heteroatoms. The minimum absolute atomic E-state index is 0.0998. The van der Waals surface area contributed by atoms with Crippen LogP contribution in [0.5, 0.6) is 0 Å². The summed E-state index contributed by atoms with van der Waals surface area (Å²) >= 11 is 5.93. The highest BCUT2D eigenvalue weighted by molar-refractivity contribution is 6.33. The lowest BCUT2D eigenvalue weighted by atomic mass is 9.82. The van der Waals surface area contributed by atoms with Crippen molar-refractivity contribution in [3.63, 3.8) is 0 Å². The van der Waals surface area contributed by atoms with Crippen LogP contribution in [-0.2, 0) is 4.79 Å². The predicted molar refractivity (Wildman–Crippen MR) is 75.6 cm³/mol. The number of carbonyl (C=O) groups is 1. The smallest absolute Gasteiger partial charge is 0.227 e. The molecule has 0 radical (unpaired) electrons. The standard InChI is InChI=1S/C14H19ClN2O/c1-9-2-4-10(5-3-9)14(18)17-11-6-7-13(16)12(15)8-11/h6-10H,2-5,16H2,1H3,(H,17,18). The van der Waals surface area contributed by atoms with Gasteiger partial charge in [0.2, 0.25) is 5.91 Å². The first-order valence-electron chi connectivity index (χ1n) is 6.42. The van der Waals surface area contributed by atoms with Crippen molar-refractivity contribution in [2.45, 2.75) is 32.6 Å². The van der Waals surface area contributed by atoms with Gasteiger partial charge in [0.1, 0.15) is 0 Å². The first-order valence-corrected chi connectivity index (χ1v) is 6.80. The van der Waals surface area contributed by atoms with E-state index in [9.17, 15) is 4.79 Å². The van der Waals surface area contributed by atoms with Crippen LogP contribution < -0.4 is 11.1 Å². The molecule has 0 unspecified atom stereocenters. The van der Waals surface area contributed by atoms with Gasteiger partial charge in [0.05, 0.1) is 10.7 Å². The Labute approximate surface area is 113 Å². The summed E-state index contributed by atoms with van der Waals surface area (Å²) in [5.41, 5.74) is 6.88. The van der Waals surface area contributed by atoms with E-state index >= 15 is 0 Å². The zero-order chi connectivity index (χ0) is 13.1. The number of rotatable bonds is 2. The monoisotopic (exact) mass is 266 g/mol. The number of hydrogen-bond acceptors (Lipinski definition) is 2. The highest BCUT2D eigenvalue weighted by Crippen LogP contribution is 2.29. The zero-order valence-corrected chi connectivity index (χ0v) is 11.3. The molecule has 0 heterocycles. The molecule has 0 saturated heterocycles. The zero-order valence-electron chi connectivity index (χ0n) is 10.6. The van der Waals surface area contributed by atoms with Crippen LogP contribution in [-0.4, -0.2) is 5.91 Å². The molecular weight excluding hydrogens is 248 g/mol. The van der Waals surface area contributed by atoms with E-state index in [4.69, 9.17) is 17.3 Å². The van der Waals surface area contributed by atoms with Crippen LogP contribution in [0.1, 0.15) is 32.6 Å². The maximum Gasteiger partial charge on any atom is 0.227 e. The van der Waals surface area contributed by atoms with Gasteiger partial charge in [-0.2, -0.15) is 0 Å². The third-order valence-corrected chi connectivity index (χ3v) is 3.98. The van der Waals surface area contributed by atoms with E-state index in [2.05, 4.69) is 12.2 Å². The fourth-order valence-electron chi connectivity index (χ4n) is 2.37. The van der Waals surface area contributed by atoms with Gasteiger partial charge in [-0.15, -0.1) is 0 Å². The summed E-state index contributed by atoms with van der Waals surface area (Å²) in [6.45, 7) is 2.24. The Bertz CT molecular complexity index is 439. The van der Waals surface area contributed by atoms with Crippen molar-refractivity contribution in [3.8, 4) is 0 Å². The van der Waals surface area contributed by atoms with E-state index < -0.39 is 0 Å². The minimum Gasteiger partial charge on any atom is -0.398 e. The highest BCUT2D eigenvalue weighted by Gasteiger charge is 2.24. The molecule has 1 fully saturated rings. The van der Waals surface area contributed by atoms with E-state index in [1.54, 1.807) is 18.2 Å². The van der Waals surface area contributed by atoms with E-state index in [0.717, 1.165) is 37.3 Å². The number of nitrogens with two attached hydrogens (primary N) is 1. The van der Waals surface area contributed by atoms with Crippen LogP contribution in [0.2, 0.25) is 5.02 Å². The summed E-state index contributed by atoms with van der Waals surface area (Å²) in [5.74, 6) is 0.986. The number of hydrogen-bond donors (Lipinski definition) is 2. The molecule has 2 rings (SSSR count). The molecule has 1 aromatic carbocycles. The normalized spacial score (nSPS) is 23.7. The molecule has 0 atom stereocenters. The lowest BCUT2D eigenvalue weighted by Crippen LogP contribution is -2.26. The topological polar surface area (TPSA) is 55.1 Å². The molecule has 1 saturated carbocycles. The van der Waals surface area contributed by atoms with Crippen molar-refractivity contribution >= 4 is 28.9 Å². The van der Waals surface area contributed by atoms with Crippen molar-refractivity contribution in [2.75, 3.05) is 11.1 Å². The van der Waals surface area contributed by atoms with Crippen LogP contribution in [0.15, 0.2) is 18.2 Å². The largest absolute Gasteiger partial charge is 0.398 e. The molecule has 3 N–H and O–H groups in total.